The van der Waals surface area contributed by atoms with Crippen LogP contribution in [-0.4, -0.2) is 64.1 Å². The van der Waals surface area contributed by atoms with Crippen molar-refractivity contribution in [2.24, 2.45) is 7.05 Å². The number of nitrogens with one attached hydrogen (secondary N) is 1. The molecule has 1 aliphatic heterocycles. The van der Waals surface area contributed by atoms with E-state index in [9.17, 15) is 9.59 Å². The summed E-state index contributed by atoms with van der Waals surface area (Å²) in [5.41, 5.74) is 4.07. The fourth-order valence-electron chi connectivity index (χ4n) is 3.53. The number of aromatic nitrogens is 2. The first kappa shape index (κ1) is 20.4. The van der Waals surface area contributed by atoms with Gasteiger partial charge in [-0.1, -0.05) is 29.8 Å². The predicted molar refractivity (Wildman–Crippen MR) is 110 cm³/mol. The SMILES string of the molecule is Cc1cccc(C)c1NC(=O)CN1CCN(C(=O)c2c(C)nn(C)c2Cl)CC1. The van der Waals surface area contributed by atoms with Crippen molar-refractivity contribution < 1.29 is 9.59 Å². The lowest BCUT2D eigenvalue weighted by atomic mass is 10.1. The molecule has 1 aromatic heterocycles. The zero-order valence-electron chi connectivity index (χ0n) is 16.8. The van der Waals surface area contributed by atoms with Gasteiger partial charge in [0.25, 0.3) is 5.91 Å². The summed E-state index contributed by atoms with van der Waals surface area (Å²) < 4.78 is 1.51. The van der Waals surface area contributed by atoms with Crippen molar-refractivity contribution in [3.05, 3.63) is 45.7 Å². The number of amides is 2. The molecule has 150 valence electrons. The van der Waals surface area contributed by atoms with Gasteiger partial charge in [-0.2, -0.15) is 5.10 Å². The van der Waals surface area contributed by atoms with Gasteiger partial charge in [-0.25, -0.2) is 0 Å². The molecule has 0 atom stereocenters. The van der Waals surface area contributed by atoms with Crippen LogP contribution in [0.4, 0.5) is 5.69 Å². The normalized spacial score (nSPS) is 15.0. The Morgan fingerprint density at radius 1 is 1.11 bits per heavy atom. The zero-order valence-corrected chi connectivity index (χ0v) is 17.5. The van der Waals surface area contributed by atoms with Gasteiger partial charge in [0.1, 0.15) is 5.15 Å². The monoisotopic (exact) mass is 403 g/mol. The van der Waals surface area contributed by atoms with E-state index in [1.54, 1.807) is 18.9 Å². The van der Waals surface area contributed by atoms with Gasteiger partial charge in [-0.05, 0) is 31.9 Å². The summed E-state index contributed by atoms with van der Waals surface area (Å²) in [6.07, 6.45) is 0. The highest BCUT2D eigenvalue weighted by atomic mass is 35.5. The Bertz CT molecular complexity index is 880. The number of halogens is 1. The first-order valence-electron chi connectivity index (χ1n) is 9.34. The van der Waals surface area contributed by atoms with Crippen molar-refractivity contribution in [3.63, 3.8) is 0 Å². The number of rotatable bonds is 4. The summed E-state index contributed by atoms with van der Waals surface area (Å²) in [6, 6.07) is 5.95. The highest BCUT2D eigenvalue weighted by molar-refractivity contribution is 6.33. The Labute approximate surface area is 170 Å². The van der Waals surface area contributed by atoms with Crippen LogP contribution in [0, 0.1) is 20.8 Å². The molecule has 28 heavy (non-hydrogen) atoms. The van der Waals surface area contributed by atoms with Crippen LogP contribution in [-0.2, 0) is 11.8 Å². The molecule has 2 heterocycles. The van der Waals surface area contributed by atoms with E-state index in [-0.39, 0.29) is 11.8 Å². The van der Waals surface area contributed by atoms with Crippen molar-refractivity contribution in [1.29, 1.82) is 0 Å². The average Bonchev–Trinajstić information content (AvgIpc) is 2.90. The Hall–Kier alpha value is -2.38. The summed E-state index contributed by atoms with van der Waals surface area (Å²) in [4.78, 5) is 29.1. The molecule has 0 saturated carbocycles. The molecule has 2 aromatic rings. The van der Waals surface area contributed by atoms with E-state index < -0.39 is 0 Å². The van der Waals surface area contributed by atoms with Crippen LogP contribution in [0.3, 0.4) is 0 Å². The quantitative estimate of drug-likeness (QED) is 0.850. The maximum absolute atomic E-state index is 12.8. The molecule has 1 fully saturated rings. The second-order valence-corrected chi connectivity index (χ2v) is 7.62. The van der Waals surface area contributed by atoms with Crippen molar-refractivity contribution in [2.45, 2.75) is 20.8 Å². The predicted octanol–water partition coefficient (Wildman–Crippen LogP) is 2.40. The lowest BCUT2D eigenvalue weighted by molar-refractivity contribution is -0.117. The first-order chi connectivity index (χ1) is 13.3. The second kappa shape index (κ2) is 8.32. The Morgan fingerprint density at radius 3 is 2.25 bits per heavy atom. The van der Waals surface area contributed by atoms with E-state index in [0.29, 0.717) is 49.1 Å². The minimum atomic E-state index is -0.102. The third-order valence-electron chi connectivity index (χ3n) is 5.14. The molecule has 0 unspecified atom stereocenters. The number of anilines is 1. The zero-order chi connectivity index (χ0) is 20.4. The third kappa shape index (κ3) is 4.20. The number of nitrogens with zero attached hydrogens (tertiary/aromatic N) is 4. The first-order valence-corrected chi connectivity index (χ1v) is 9.72. The van der Waals surface area contributed by atoms with Gasteiger partial charge in [-0.15, -0.1) is 0 Å². The Morgan fingerprint density at radius 2 is 1.71 bits per heavy atom. The van der Waals surface area contributed by atoms with Crippen molar-refractivity contribution in [2.75, 3.05) is 38.0 Å². The minimum absolute atomic E-state index is 0.0386. The van der Waals surface area contributed by atoms with Crippen LogP contribution in [0.2, 0.25) is 5.15 Å². The molecule has 1 aromatic carbocycles. The number of carbonyl (C=O) groups is 2. The highest BCUT2D eigenvalue weighted by Gasteiger charge is 2.27. The number of hydrogen-bond acceptors (Lipinski definition) is 4. The molecule has 1 aliphatic rings. The second-order valence-electron chi connectivity index (χ2n) is 7.26. The molecule has 2 amide bonds. The molecule has 1 N–H and O–H groups in total. The lowest BCUT2D eigenvalue weighted by Gasteiger charge is -2.34. The molecule has 0 bridgehead atoms. The number of hydrogen-bond donors (Lipinski definition) is 1. The molecule has 3 rings (SSSR count). The van der Waals surface area contributed by atoms with Gasteiger partial charge in [0.15, 0.2) is 0 Å². The fourth-order valence-corrected chi connectivity index (χ4v) is 3.79. The minimum Gasteiger partial charge on any atom is -0.336 e. The largest absolute Gasteiger partial charge is 0.336 e. The number of piperazine rings is 1. The van der Waals surface area contributed by atoms with Gasteiger partial charge in [0.2, 0.25) is 5.91 Å². The van der Waals surface area contributed by atoms with Gasteiger partial charge >= 0.3 is 0 Å². The van der Waals surface area contributed by atoms with Crippen LogP contribution in [0.25, 0.3) is 0 Å². The summed E-state index contributed by atoms with van der Waals surface area (Å²) >= 11 is 6.22. The maximum Gasteiger partial charge on any atom is 0.258 e. The van der Waals surface area contributed by atoms with E-state index >= 15 is 0 Å². The van der Waals surface area contributed by atoms with Gasteiger partial charge in [0.05, 0.1) is 17.8 Å². The number of aryl methyl sites for hydroxylation is 4. The van der Waals surface area contributed by atoms with E-state index in [1.807, 2.05) is 32.0 Å². The molecule has 1 saturated heterocycles. The number of carbonyl (C=O) groups excluding carboxylic acids is 2. The van der Waals surface area contributed by atoms with E-state index in [4.69, 9.17) is 11.6 Å². The van der Waals surface area contributed by atoms with Crippen LogP contribution >= 0.6 is 11.6 Å². The van der Waals surface area contributed by atoms with Gasteiger partial charge < -0.3 is 10.2 Å². The fraction of sp³-hybridized carbons (Fsp3) is 0.450. The molecule has 0 spiro atoms. The van der Waals surface area contributed by atoms with E-state index in [0.717, 1.165) is 16.8 Å². The summed E-state index contributed by atoms with van der Waals surface area (Å²) in [7, 11) is 1.72. The molecular formula is C20H26ClN5O2. The number of para-hydroxylation sites is 1. The molecule has 8 heteroatoms. The van der Waals surface area contributed by atoms with Crippen LogP contribution in [0.15, 0.2) is 18.2 Å². The summed E-state index contributed by atoms with van der Waals surface area (Å²) in [5.74, 6) is -0.140. The van der Waals surface area contributed by atoms with E-state index in [1.165, 1.54) is 4.68 Å². The molecule has 0 aliphatic carbocycles. The molecule has 7 nitrogen and oxygen atoms in total. The van der Waals surface area contributed by atoms with Crippen molar-refractivity contribution in [3.8, 4) is 0 Å². The molecular weight excluding hydrogens is 378 g/mol. The summed E-state index contributed by atoms with van der Waals surface area (Å²) in [5, 5.41) is 7.58. The maximum atomic E-state index is 12.8. The van der Waals surface area contributed by atoms with Gasteiger partial charge in [-0.3, -0.25) is 19.2 Å². The van der Waals surface area contributed by atoms with Crippen molar-refractivity contribution >= 4 is 29.1 Å². The Balaban J connectivity index is 1.55. The van der Waals surface area contributed by atoms with Gasteiger partial charge in [0, 0.05) is 38.9 Å². The third-order valence-corrected chi connectivity index (χ3v) is 5.57. The van der Waals surface area contributed by atoms with Crippen molar-refractivity contribution in [1.82, 2.24) is 19.6 Å². The lowest BCUT2D eigenvalue weighted by Crippen LogP contribution is -2.50. The van der Waals surface area contributed by atoms with Crippen LogP contribution in [0.5, 0.6) is 0 Å². The highest BCUT2D eigenvalue weighted by Crippen LogP contribution is 2.22. The van der Waals surface area contributed by atoms with Crippen LogP contribution < -0.4 is 5.32 Å². The summed E-state index contributed by atoms with van der Waals surface area (Å²) in [6.45, 7) is 8.46. The Kier molecular flexibility index (Phi) is 6.05. The van der Waals surface area contributed by atoms with Crippen LogP contribution in [0.1, 0.15) is 27.2 Å². The number of benzene rings is 1. The van der Waals surface area contributed by atoms with E-state index in [2.05, 4.69) is 15.3 Å². The smallest absolute Gasteiger partial charge is 0.258 e. The molecule has 0 radical (unpaired) electrons. The topological polar surface area (TPSA) is 70.5 Å². The average molecular weight is 404 g/mol. The standard InChI is InChI=1S/C20H26ClN5O2/c1-13-6-5-7-14(2)18(13)22-16(27)12-25-8-10-26(11-9-25)20(28)17-15(3)23-24(4)19(17)21/h5-7H,8-12H2,1-4H3,(H,22,27).